The van der Waals surface area contributed by atoms with Gasteiger partial charge >= 0.3 is 0 Å². The lowest BCUT2D eigenvalue weighted by atomic mass is 10.3. The highest BCUT2D eigenvalue weighted by molar-refractivity contribution is 5.17. The molecule has 1 aliphatic carbocycles. The summed E-state index contributed by atoms with van der Waals surface area (Å²) in [5.74, 6) is 3.56. The van der Waals surface area contributed by atoms with E-state index in [1.54, 1.807) is 0 Å². The molecule has 3 rings (SSSR count). The molecule has 0 bridgehead atoms. The molecule has 2 fully saturated rings. The Bertz CT molecular complexity index is 457. The predicted octanol–water partition coefficient (Wildman–Crippen LogP) is 1.53. The van der Waals surface area contributed by atoms with Crippen molar-refractivity contribution in [3.63, 3.8) is 0 Å². The molecule has 0 aromatic carbocycles. The lowest BCUT2D eigenvalue weighted by molar-refractivity contribution is 0.0316. The molecule has 2 heterocycles. The Morgan fingerprint density at radius 3 is 2.73 bits per heavy atom. The number of ether oxygens (including phenoxy) is 1. The summed E-state index contributed by atoms with van der Waals surface area (Å²) in [6.45, 7) is 9.61. The van der Waals surface area contributed by atoms with Crippen LogP contribution >= 0.6 is 0 Å². The quantitative estimate of drug-likeness (QED) is 0.789. The van der Waals surface area contributed by atoms with Crippen LogP contribution in [0.1, 0.15) is 30.8 Å². The van der Waals surface area contributed by atoms with Crippen LogP contribution in [0.5, 0.6) is 0 Å². The fourth-order valence-electron chi connectivity index (χ4n) is 3.14. The second-order valence-corrected chi connectivity index (χ2v) is 6.58. The average molecular weight is 308 g/mol. The van der Waals surface area contributed by atoms with E-state index in [0.717, 1.165) is 63.4 Å². The third-order valence-electron chi connectivity index (χ3n) is 4.79. The molecule has 124 valence electrons. The summed E-state index contributed by atoms with van der Waals surface area (Å²) in [4.78, 5) is 4.70. The van der Waals surface area contributed by atoms with E-state index >= 15 is 0 Å². The Morgan fingerprint density at radius 2 is 2.05 bits per heavy atom. The zero-order valence-electron chi connectivity index (χ0n) is 13.5. The predicted molar refractivity (Wildman–Crippen MR) is 84.9 cm³/mol. The Hall–Kier alpha value is -0.880. The van der Waals surface area contributed by atoms with E-state index in [2.05, 4.69) is 28.9 Å². The molecule has 0 spiro atoms. The standard InChI is InChI=1S/C17H28N2O3/c1-14-12-16(14)17-3-2-15(22-17)13-19(6-9-20)5-4-18-7-10-21-11-8-18/h2-3,14,16,20H,4-13H2,1H3. The lowest BCUT2D eigenvalue weighted by Gasteiger charge is -2.29. The van der Waals surface area contributed by atoms with Crippen LogP contribution < -0.4 is 0 Å². The molecule has 1 saturated heterocycles. The summed E-state index contributed by atoms with van der Waals surface area (Å²) in [5, 5.41) is 9.28. The van der Waals surface area contributed by atoms with Crippen LogP contribution in [0.25, 0.3) is 0 Å². The Balaban J connectivity index is 1.48. The molecule has 5 heteroatoms. The Labute approximate surface area is 132 Å². The van der Waals surface area contributed by atoms with Gasteiger partial charge in [0.05, 0.1) is 26.4 Å². The summed E-state index contributed by atoms with van der Waals surface area (Å²) < 4.78 is 11.4. The highest BCUT2D eigenvalue weighted by Crippen LogP contribution is 2.47. The van der Waals surface area contributed by atoms with Crippen molar-refractivity contribution in [2.75, 3.05) is 52.5 Å². The van der Waals surface area contributed by atoms with Crippen molar-refractivity contribution in [2.45, 2.75) is 25.8 Å². The molecule has 2 unspecified atom stereocenters. The van der Waals surface area contributed by atoms with Crippen molar-refractivity contribution >= 4 is 0 Å². The SMILES string of the molecule is CC1CC1c1ccc(CN(CCO)CCN2CCOCC2)o1. The molecule has 1 aliphatic heterocycles. The van der Waals surface area contributed by atoms with Crippen molar-refractivity contribution in [3.05, 3.63) is 23.7 Å². The van der Waals surface area contributed by atoms with Crippen LogP contribution in [0.15, 0.2) is 16.5 Å². The summed E-state index contributed by atoms with van der Waals surface area (Å²) in [7, 11) is 0. The van der Waals surface area contributed by atoms with Crippen LogP contribution in [0, 0.1) is 5.92 Å². The van der Waals surface area contributed by atoms with Gasteiger partial charge in [0.25, 0.3) is 0 Å². The van der Waals surface area contributed by atoms with E-state index in [1.807, 2.05) is 0 Å². The second-order valence-electron chi connectivity index (χ2n) is 6.58. The van der Waals surface area contributed by atoms with Crippen molar-refractivity contribution in [2.24, 2.45) is 5.92 Å². The smallest absolute Gasteiger partial charge is 0.118 e. The molecule has 1 N–H and O–H groups in total. The Kier molecular flexibility index (Phi) is 5.52. The van der Waals surface area contributed by atoms with Crippen LogP contribution in [0.3, 0.4) is 0 Å². The van der Waals surface area contributed by atoms with Gasteiger partial charge in [0.15, 0.2) is 0 Å². The number of nitrogens with zero attached hydrogens (tertiary/aromatic N) is 2. The zero-order valence-corrected chi connectivity index (χ0v) is 13.5. The number of hydrogen-bond acceptors (Lipinski definition) is 5. The van der Waals surface area contributed by atoms with E-state index < -0.39 is 0 Å². The molecule has 22 heavy (non-hydrogen) atoms. The molecule has 0 radical (unpaired) electrons. The molecule has 1 aromatic rings. The van der Waals surface area contributed by atoms with Crippen molar-refractivity contribution < 1.29 is 14.3 Å². The van der Waals surface area contributed by atoms with Gasteiger partial charge in [-0.3, -0.25) is 9.80 Å². The van der Waals surface area contributed by atoms with Gasteiger partial charge in [0.1, 0.15) is 11.5 Å². The number of rotatable bonds is 8. The number of aliphatic hydroxyl groups is 1. The molecule has 1 aromatic heterocycles. The summed E-state index contributed by atoms with van der Waals surface area (Å²) in [6, 6.07) is 4.22. The van der Waals surface area contributed by atoms with Gasteiger partial charge in [-0.25, -0.2) is 0 Å². The minimum atomic E-state index is 0.191. The second kappa shape index (κ2) is 7.59. The minimum absolute atomic E-state index is 0.191. The summed E-state index contributed by atoms with van der Waals surface area (Å²) >= 11 is 0. The van der Waals surface area contributed by atoms with E-state index in [1.165, 1.54) is 6.42 Å². The molecule has 1 saturated carbocycles. The first-order chi connectivity index (χ1) is 10.8. The number of morpholine rings is 1. The lowest BCUT2D eigenvalue weighted by Crippen LogP contribution is -2.41. The number of aliphatic hydroxyl groups excluding tert-OH is 1. The van der Waals surface area contributed by atoms with Gasteiger partial charge in [-0.2, -0.15) is 0 Å². The van der Waals surface area contributed by atoms with Gasteiger partial charge in [-0.15, -0.1) is 0 Å². The highest BCUT2D eigenvalue weighted by Gasteiger charge is 2.36. The van der Waals surface area contributed by atoms with Gasteiger partial charge < -0.3 is 14.3 Å². The molecule has 2 atom stereocenters. The first-order valence-electron chi connectivity index (χ1n) is 8.48. The first-order valence-corrected chi connectivity index (χ1v) is 8.48. The van der Waals surface area contributed by atoms with Crippen LogP contribution in [-0.2, 0) is 11.3 Å². The van der Waals surface area contributed by atoms with Crippen LogP contribution in [-0.4, -0.2) is 67.5 Å². The van der Waals surface area contributed by atoms with Crippen LogP contribution in [0.4, 0.5) is 0 Å². The van der Waals surface area contributed by atoms with E-state index in [9.17, 15) is 5.11 Å². The number of furan rings is 1. The maximum Gasteiger partial charge on any atom is 0.118 e. The summed E-state index contributed by atoms with van der Waals surface area (Å²) in [5.41, 5.74) is 0. The maximum absolute atomic E-state index is 9.28. The highest BCUT2D eigenvalue weighted by atomic mass is 16.5. The monoisotopic (exact) mass is 308 g/mol. The van der Waals surface area contributed by atoms with Gasteiger partial charge in [-0.05, 0) is 24.5 Å². The maximum atomic E-state index is 9.28. The van der Waals surface area contributed by atoms with Gasteiger partial charge in [0, 0.05) is 38.6 Å². The molecular weight excluding hydrogens is 280 g/mol. The fraction of sp³-hybridized carbons (Fsp3) is 0.765. The van der Waals surface area contributed by atoms with Crippen molar-refractivity contribution in [1.29, 1.82) is 0 Å². The van der Waals surface area contributed by atoms with E-state index in [0.29, 0.717) is 12.5 Å². The minimum Gasteiger partial charge on any atom is -0.464 e. The molecule has 5 nitrogen and oxygen atoms in total. The van der Waals surface area contributed by atoms with Crippen molar-refractivity contribution in [1.82, 2.24) is 9.80 Å². The number of hydrogen-bond donors (Lipinski definition) is 1. The molecule has 0 amide bonds. The van der Waals surface area contributed by atoms with E-state index in [-0.39, 0.29) is 6.61 Å². The van der Waals surface area contributed by atoms with Gasteiger partial charge in [-0.1, -0.05) is 6.92 Å². The van der Waals surface area contributed by atoms with Gasteiger partial charge in [0.2, 0.25) is 0 Å². The van der Waals surface area contributed by atoms with Crippen molar-refractivity contribution in [3.8, 4) is 0 Å². The normalized spacial score (nSPS) is 25.8. The van der Waals surface area contributed by atoms with Crippen LogP contribution in [0.2, 0.25) is 0 Å². The third-order valence-corrected chi connectivity index (χ3v) is 4.79. The summed E-state index contributed by atoms with van der Waals surface area (Å²) in [6.07, 6.45) is 1.25. The third kappa shape index (κ3) is 4.32. The fourth-order valence-corrected chi connectivity index (χ4v) is 3.14. The Morgan fingerprint density at radius 1 is 1.27 bits per heavy atom. The van der Waals surface area contributed by atoms with E-state index in [4.69, 9.17) is 9.15 Å². The molecular formula is C17H28N2O3. The molecule has 2 aliphatic rings. The largest absolute Gasteiger partial charge is 0.464 e. The topological polar surface area (TPSA) is 49.1 Å². The average Bonchev–Trinajstić information content (AvgIpc) is 3.08. The first kappa shape index (κ1) is 16.0. The zero-order chi connectivity index (χ0) is 15.4.